The highest BCUT2D eigenvalue weighted by Crippen LogP contribution is 2.14. The largest absolute Gasteiger partial charge is 0.353 e. The fourth-order valence-corrected chi connectivity index (χ4v) is 2.62. The SMILES string of the molecule is CCCC(=O)N1CCC(NC(=O)C(CC)CC)CC1. The molecule has 0 aromatic carbocycles. The van der Waals surface area contributed by atoms with Gasteiger partial charge in [-0.15, -0.1) is 0 Å². The summed E-state index contributed by atoms with van der Waals surface area (Å²) in [7, 11) is 0. The van der Waals surface area contributed by atoms with E-state index in [-0.39, 0.29) is 23.8 Å². The second-order valence-corrected chi connectivity index (χ2v) is 5.43. The second-order valence-electron chi connectivity index (χ2n) is 5.43. The van der Waals surface area contributed by atoms with E-state index in [0.717, 1.165) is 45.2 Å². The molecule has 1 fully saturated rings. The fraction of sp³-hybridized carbons (Fsp3) is 0.867. The molecule has 1 heterocycles. The molecular weight excluding hydrogens is 240 g/mol. The molecule has 0 aliphatic carbocycles. The number of nitrogens with zero attached hydrogens (tertiary/aromatic N) is 1. The highest BCUT2D eigenvalue weighted by atomic mass is 16.2. The molecule has 0 aromatic heterocycles. The number of nitrogens with one attached hydrogen (secondary N) is 1. The standard InChI is InChI=1S/C15H28N2O2/c1-4-7-14(18)17-10-8-13(9-11-17)16-15(19)12(5-2)6-3/h12-13H,4-11H2,1-3H3,(H,16,19). The summed E-state index contributed by atoms with van der Waals surface area (Å²) in [6.07, 6.45) is 5.13. The molecule has 19 heavy (non-hydrogen) atoms. The summed E-state index contributed by atoms with van der Waals surface area (Å²) in [6, 6.07) is 0.249. The van der Waals surface area contributed by atoms with Gasteiger partial charge in [-0.25, -0.2) is 0 Å². The predicted molar refractivity (Wildman–Crippen MR) is 76.7 cm³/mol. The van der Waals surface area contributed by atoms with E-state index in [0.29, 0.717) is 6.42 Å². The summed E-state index contributed by atoms with van der Waals surface area (Å²) in [5, 5.41) is 3.14. The Morgan fingerprint density at radius 2 is 1.74 bits per heavy atom. The fourth-order valence-electron chi connectivity index (χ4n) is 2.62. The van der Waals surface area contributed by atoms with Gasteiger partial charge in [0.25, 0.3) is 0 Å². The maximum atomic E-state index is 12.0. The minimum atomic E-state index is 0.139. The van der Waals surface area contributed by atoms with Gasteiger partial charge < -0.3 is 10.2 Å². The Morgan fingerprint density at radius 3 is 2.21 bits per heavy atom. The third kappa shape index (κ3) is 4.84. The van der Waals surface area contributed by atoms with Crippen molar-refractivity contribution in [3.8, 4) is 0 Å². The smallest absolute Gasteiger partial charge is 0.223 e. The average Bonchev–Trinajstić information content (AvgIpc) is 2.41. The van der Waals surface area contributed by atoms with Gasteiger partial charge in [0.1, 0.15) is 0 Å². The van der Waals surface area contributed by atoms with Crippen molar-refractivity contribution in [1.29, 1.82) is 0 Å². The van der Waals surface area contributed by atoms with E-state index in [1.165, 1.54) is 0 Å². The minimum absolute atomic E-state index is 0.139. The number of carbonyl (C=O) groups excluding carboxylic acids is 2. The van der Waals surface area contributed by atoms with Crippen molar-refractivity contribution in [2.24, 2.45) is 5.92 Å². The van der Waals surface area contributed by atoms with Crippen LogP contribution < -0.4 is 5.32 Å². The highest BCUT2D eigenvalue weighted by Gasteiger charge is 2.24. The van der Waals surface area contributed by atoms with Crippen LogP contribution in [0.1, 0.15) is 59.3 Å². The molecule has 1 N–H and O–H groups in total. The van der Waals surface area contributed by atoms with Crippen LogP contribution in [0, 0.1) is 5.92 Å². The van der Waals surface area contributed by atoms with Crippen molar-refractivity contribution >= 4 is 11.8 Å². The van der Waals surface area contributed by atoms with Crippen LogP contribution >= 0.6 is 0 Å². The quantitative estimate of drug-likeness (QED) is 0.804. The Morgan fingerprint density at radius 1 is 1.16 bits per heavy atom. The molecule has 0 unspecified atom stereocenters. The summed E-state index contributed by atoms with van der Waals surface area (Å²) in [5.74, 6) is 0.579. The van der Waals surface area contributed by atoms with Crippen LogP contribution in [0.3, 0.4) is 0 Å². The van der Waals surface area contributed by atoms with Crippen molar-refractivity contribution in [3.63, 3.8) is 0 Å². The summed E-state index contributed by atoms with van der Waals surface area (Å²) in [6.45, 7) is 7.71. The number of likely N-dealkylation sites (tertiary alicyclic amines) is 1. The van der Waals surface area contributed by atoms with Gasteiger partial charge in [-0.1, -0.05) is 20.8 Å². The lowest BCUT2D eigenvalue weighted by Gasteiger charge is -2.33. The Bertz CT molecular complexity index is 293. The summed E-state index contributed by atoms with van der Waals surface area (Å²) in [4.78, 5) is 25.7. The van der Waals surface area contributed by atoms with Crippen LogP contribution in [0.2, 0.25) is 0 Å². The normalized spacial score (nSPS) is 16.7. The maximum absolute atomic E-state index is 12.0. The van der Waals surface area contributed by atoms with E-state index >= 15 is 0 Å². The third-order valence-corrected chi connectivity index (χ3v) is 4.01. The monoisotopic (exact) mass is 268 g/mol. The molecule has 4 heteroatoms. The number of amides is 2. The highest BCUT2D eigenvalue weighted by molar-refractivity contribution is 5.79. The van der Waals surface area contributed by atoms with Crippen molar-refractivity contribution in [2.45, 2.75) is 65.3 Å². The first-order chi connectivity index (χ1) is 9.12. The maximum Gasteiger partial charge on any atom is 0.223 e. The average molecular weight is 268 g/mol. The topological polar surface area (TPSA) is 49.4 Å². The zero-order chi connectivity index (χ0) is 14.3. The van der Waals surface area contributed by atoms with E-state index in [1.807, 2.05) is 11.8 Å². The van der Waals surface area contributed by atoms with Gasteiger partial charge in [-0.3, -0.25) is 9.59 Å². The van der Waals surface area contributed by atoms with Crippen LogP contribution in [0.15, 0.2) is 0 Å². The van der Waals surface area contributed by atoms with Crippen LogP contribution in [0.25, 0.3) is 0 Å². The van der Waals surface area contributed by atoms with Crippen molar-refractivity contribution < 1.29 is 9.59 Å². The van der Waals surface area contributed by atoms with Crippen LogP contribution in [-0.2, 0) is 9.59 Å². The molecular formula is C15H28N2O2. The number of rotatable bonds is 6. The van der Waals surface area contributed by atoms with Gasteiger partial charge in [0.15, 0.2) is 0 Å². The number of piperidine rings is 1. The van der Waals surface area contributed by atoms with Crippen molar-refractivity contribution in [1.82, 2.24) is 10.2 Å². The molecule has 1 rings (SSSR count). The molecule has 1 saturated heterocycles. The molecule has 0 spiro atoms. The zero-order valence-corrected chi connectivity index (χ0v) is 12.6. The first-order valence-electron chi connectivity index (χ1n) is 7.70. The van der Waals surface area contributed by atoms with Gasteiger partial charge in [0.05, 0.1) is 0 Å². The summed E-state index contributed by atoms with van der Waals surface area (Å²) >= 11 is 0. The number of carbonyl (C=O) groups is 2. The third-order valence-electron chi connectivity index (χ3n) is 4.01. The summed E-state index contributed by atoms with van der Waals surface area (Å²) in [5.41, 5.74) is 0. The Hall–Kier alpha value is -1.06. The second kappa shape index (κ2) is 8.18. The van der Waals surface area contributed by atoms with E-state index in [9.17, 15) is 9.59 Å². The predicted octanol–water partition coefficient (Wildman–Crippen LogP) is 2.33. The van der Waals surface area contributed by atoms with Gasteiger partial charge >= 0.3 is 0 Å². The molecule has 0 radical (unpaired) electrons. The van der Waals surface area contributed by atoms with Crippen LogP contribution in [0.4, 0.5) is 0 Å². The Kier molecular flexibility index (Phi) is 6.89. The van der Waals surface area contributed by atoms with E-state index in [1.54, 1.807) is 0 Å². The molecule has 110 valence electrons. The van der Waals surface area contributed by atoms with Gasteiger partial charge in [-0.2, -0.15) is 0 Å². The van der Waals surface area contributed by atoms with E-state index in [4.69, 9.17) is 0 Å². The number of hydrogen-bond acceptors (Lipinski definition) is 2. The molecule has 1 aliphatic heterocycles. The van der Waals surface area contributed by atoms with Gasteiger partial charge in [0.2, 0.25) is 11.8 Å². The number of hydrogen-bond donors (Lipinski definition) is 1. The molecule has 0 bridgehead atoms. The minimum Gasteiger partial charge on any atom is -0.353 e. The lowest BCUT2D eigenvalue weighted by molar-refractivity contribution is -0.132. The molecule has 1 aliphatic rings. The van der Waals surface area contributed by atoms with E-state index in [2.05, 4.69) is 19.2 Å². The molecule has 0 aromatic rings. The molecule has 2 amide bonds. The van der Waals surface area contributed by atoms with Gasteiger partial charge in [-0.05, 0) is 32.1 Å². The Balaban J connectivity index is 2.34. The molecule has 4 nitrogen and oxygen atoms in total. The van der Waals surface area contributed by atoms with Crippen molar-refractivity contribution in [2.75, 3.05) is 13.1 Å². The lowest BCUT2D eigenvalue weighted by Crippen LogP contribution is -2.47. The lowest BCUT2D eigenvalue weighted by atomic mass is 9.99. The van der Waals surface area contributed by atoms with Gasteiger partial charge in [0, 0.05) is 31.5 Å². The van der Waals surface area contributed by atoms with Crippen LogP contribution in [-0.4, -0.2) is 35.8 Å². The van der Waals surface area contributed by atoms with E-state index < -0.39 is 0 Å². The summed E-state index contributed by atoms with van der Waals surface area (Å²) < 4.78 is 0. The van der Waals surface area contributed by atoms with Crippen molar-refractivity contribution in [3.05, 3.63) is 0 Å². The van der Waals surface area contributed by atoms with Crippen LogP contribution in [0.5, 0.6) is 0 Å². The molecule has 0 saturated carbocycles. The zero-order valence-electron chi connectivity index (χ0n) is 12.6. The first kappa shape index (κ1) is 16.0. The Labute approximate surface area is 116 Å². The molecule has 0 atom stereocenters. The first-order valence-corrected chi connectivity index (χ1v) is 7.70.